The fourth-order valence-electron chi connectivity index (χ4n) is 4.05. The molecule has 5 rings (SSSR count). The number of hydrazone groups is 1. The van der Waals surface area contributed by atoms with E-state index in [1.807, 2.05) is 71.3 Å². The smallest absolute Gasteiger partial charge is 0.289 e. The Balaban J connectivity index is 1.65. The number of non-ortho nitro benzene ring substituents is 1. The summed E-state index contributed by atoms with van der Waals surface area (Å²) in [5, 5.41) is 15.5. The van der Waals surface area contributed by atoms with E-state index in [-0.39, 0.29) is 11.4 Å². The highest BCUT2D eigenvalue weighted by Gasteiger charge is 2.19. The third-order valence-corrected chi connectivity index (χ3v) is 5.73. The maximum Gasteiger partial charge on any atom is 0.289 e. The number of carbonyl (C=O) groups is 1. The van der Waals surface area contributed by atoms with Crippen LogP contribution in [0.4, 0.5) is 5.69 Å². The molecule has 8 nitrogen and oxygen atoms in total. The molecule has 5 aromatic rings. The van der Waals surface area contributed by atoms with Crippen LogP contribution in [0.3, 0.4) is 0 Å². The average Bonchev–Trinajstić information content (AvgIpc) is 3.34. The Morgan fingerprint density at radius 1 is 0.865 bits per heavy atom. The van der Waals surface area contributed by atoms with E-state index in [4.69, 9.17) is 0 Å². The lowest BCUT2D eigenvalue weighted by Crippen LogP contribution is -2.18. The number of nitro groups is 1. The van der Waals surface area contributed by atoms with Gasteiger partial charge in [0.25, 0.3) is 11.6 Å². The molecule has 8 heteroatoms. The molecule has 2 aromatic heterocycles. The van der Waals surface area contributed by atoms with Gasteiger partial charge in [0.2, 0.25) is 0 Å². The Morgan fingerprint density at radius 2 is 1.51 bits per heavy atom. The van der Waals surface area contributed by atoms with Crippen molar-refractivity contribution < 1.29 is 9.72 Å². The third-order valence-electron chi connectivity index (χ3n) is 5.73. The number of pyridine rings is 1. The van der Waals surface area contributed by atoms with Crippen LogP contribution >= 0.6 is 0 Å². The van der Waals surface area contributed by atoms with Crippen LogP contribution in [0.5, 0.6) is 0 Å². The zero-order chi connectivity index (χ0) is 25.6. The molecular formula is C29H21N5O3. The molecule has 0 unspecified atom stereocenters. The van der Waals surface area contributed by atoms with Crippen LogP contribution < -0.4 is 5.43 Å². The molecule has 1 amide bonds. The SMILES string of the molecule is O=C(N/N=C\c1cc(-c2ccccc2)n(-c2ccc([N+](=O)[O-])cc2)c1-c1ccccc1)c1ccccn1. The Bertz CT molecular complexity index is 1560. The number of aromatic nitrogens is 2. The van der Waals surface area contributed by atoms with E-state index >= 15 is 0 Å². The van der Waals surface area contributed by atoms with Crippen molar-refractivity contribution in [2.24, 2.45) is 5.10 Å². The van der Waals surface area contributed by atoms with Gasteiger partial charge in [-0.25, -0.2) is 5.43 Å². The lowest BCUT2D eigenvalue weighted by Gasteiger charge is -2.15. The number of hydrogen-bond donors (Lipinski definition) is 1. The van der Waals surface area contributed by atoms with Crippen LogP contribution in [0.1, 0.15) is 16.1 Å². The minimum absolute atomic E-state index is 0.0115. The predicted octanol–water partition coefficient (Wildman–Crippen LogP) is 5.88. The molecule has 0 aliphatic rings. The number of nitro benzene ring substituents is 1. The maximum atomic E-state index is 12.4. The number of nitrogens with one attached hydrogen (secondary N) is 1. The van der Waals surface area contributed by atoms with Crippen LogP contribution in [0.2, 0.25) is 0 Å². The number of rotatable bonds is 7. The molecule has 37 heavy (non-hydrogen) atoms. The first-order valence-electron chi connectivity index (χ1n) is 11.5. The third kappa shape index (κ3) is 5.03. The summed E-state index contributed by atoms with van der Waals surface area (Å²) in [7, 11) is 0. The van der Waals surface area contributed by atoms with Gasteiger partial charge in [-0.05, 0) is 41.5 Å². The highest BCUT2D eigenvalue weighted by molar-refractivity contribution is 5.96. The molecule has 0 aliphatic carbocycles. The van der Waals surface area contributed by atoms with Gasteiger partial charge in [-0.15, -0.1) is 0 Å². The topological polar surface area (TPSA) is 102 Å². The first-order chi connectivity index (χ1) is 18.1. The van der Waals surface area contributed by atoms with Crippen molar-refractivity contribution >= 4 is 17.8 Å². The van der Waals surface area contributed by atoms with Gasteiger partial charge in [-0.1, -0.05) is 66.7 Å². The van der Waals surface area contributed by atoms with Gasteiger partial charge < -0.3 is 4.57 Å². The molecule has 0 fully saturated rings. The second kappa shape index (κ2) is 10.5. The van der Waals surface area contributed by atoms with Crippen molar-refractivity contribution in [2.45, 2.75) is 0 Å². The Hall–Kier alpha value is -5.37. The first kappa shape index (κ1) is 23.4. The number of amides is 1. The van der Waals surface area contributed by atoms with Gasteiger partial charge in [0.05, 0.1) is 22.5 Å². The van der Waals surface area contributed by atoms with Gasteiger partial charge in [-0.3, -0.25) is 19.9 Å². The Morgan fingerprint density at radius 3 is 2.14 bits per heavy atom. The van der Waals surface area contributed by atoms with Crippen molar-refractivity contribution in [3.05, 3.63) is 137 Å². The number of nitrogens with zero attached hydrogens (tertiary/aromatic N) is 4. The molecule has 0 bridgehead atoms. The maximum absolute atomic E-state index is 12.4. The van der Waals surface area contributed by atoms with Crippen LogP contribution in [0, 0.1) is 10.1 Å². The lowest BCUT2D eigenvalue weighted by molar-refractivity contribution is -0.384. The van der Waals surface area contributed by atoms with E-state index < -0.39 is 10.8 Å². The van der Waals surface area contributed by atoms with Gasteiger partial charge >= 0.3 is 0 Å². The Labute approximate surface area is 212 Å². The molecule has 0 saturated heterocycles. The number of hydrogen-bond acceptors (Lipinski definition) is 5. The Kier molecular flexibility index (Phi) is 6.63. The zero-order valence-corrected chi connectivity index (χ0v) is 19.6. The highest BCUT2D eigenvalue weighted by atomic mass is 16.6. The summed E-state index contributed by atoms with van der Waals surface area (Å²) in [6.07, 6.45) is 3.14. The number of carbonyl (C=O) groups excluding carboxylic acids is 1. The van der Waals surface area contributed by atoms with Crippen molar-refractivity contribution in [3.63, 3.8) is 0 Å². The van der Waals surface area contributed by atoms with Gasteiger partial charge in [0.1, 0.15) is 5.69 Å². The van der Waals surface area contributed by atoms with E-state index in [1.165, 1.54) is 12.1 Å². The standard InChI is InChI=1S/C29H21N5O3/c35-29(26-13-7-8-18-30-26)32-31-20-23-19-27(21-9-3-1-4-10-21)33(28(23)22-11-5-2-6-12-22)24-14-16-25(17-15-24)34(36)37/h1-20H,(H,32,35)/b31-20-. The van der Waals surface area contributed by atoms with Crippen molar-refractivity contribution in [1.82, 2.24) is 15.0 Å². The second-order valence-electron chi connectivity index (χ2n) is 8.09. The van der Waals surface area contributed by atoms with Crippen molar-refractivity contribution in [3.8, 4) is 28.2 Å². The van der Waals surface area contributed by atoms with E-state index in [0.29, 0.717) is 0 Å². The average molecular weight is 488 g/mol. The predicted molar refractivity (Wildman–Crippen MR) is 143 cm³/mol. The number of benzene rings is 3. The van der Waals surface area contributed by atoms with Crippen LogP contribution in [-0.4, -0.2) is 26.6 Å². The van der Waals surface area contributed by atoms with E-state index in [9.17, 15) is 14.9 Å². The van der Waals surface area contributed by atoms with Crippen LogP contribution in [-0.2, 0) is 0 Å². The minimum Gasteiger partial charge on any atom is -0.309 e. The van der Waals surface area contributed by atoms with Crippen LogP contribution in [0.15, 0.2) is 120 Å². The summed E-state index contributed by atoms with van der Waals surface area (Å²) >= 11 is 0. The second-order valence-corrected chi connectivity index (χ2v) is 8.09. The minimum atomic E-state index is -0.420. The zero-order valence-electron chi connectivity index (χ0n) is 19.6. The molecule has 0 saturated carbocycles. The summed E-state index contributed by atoms with van der Waals surface area (Å²) in [5.41, 5.74) is 7.88. The molecule has 0 aliphatic heterocycles. The fourth-order valence-corrected chi connectivity index (χ4v) is 4.05. The lowest BCUT2D eigenvalue weighted by atomic mass is 10.1. The summed E-state index contributed by atoms with van der Waals surface area (Å²) in [6, 6.07) is 33.1. The molecule has 180 valence electrons. The van der Waals surface area contributed by atoms with Gasteiger partial charge in [-0.2, -0.15) is 5.10 Å². The molecule has 0 radical (unpaired) electrons. The molecule has 1 N–H and O–H groups in total. The van der Waals surface area contributed by atoms with E-state index in [2.05, 4.69) is 15.5 Å². The van der Waals surface area contributed by atoms with Crippen molar-refractivity contribution in [2.75, 3.05) is 0 Å². The summed E-state index contributed by atoms with van der Waals surface area (Å²) in [5.74, 6) is -0.420. The summed E-state index contributed by atoms with van der Waals surface area (Å²) in [6.45, 7) is 0. The molecule has 3 aromatic carbocycles. The normalized spacial score (nSPS) is 10.9. The summed E-state index contributed by atoms with van der Waals surface area (Å²) in [4.78, 5) is 27.3. The largest absolute Gasteiger partial charge is 0.309 e. The van der Waals surface area contributed by atoms with E-state index in [0.717, 1.165) is 33.8 Å². The molecular weight excluding hydrogens is 466 g/mol. The fraction of sp³-hybridized carbons (Fsp3) is 0. The molecule has 0 atom stereocenters. The molecule has 2 heterocycles. The van der Waals surface area contributed by atoms with Gasteiger partial charge in [0, 0.05) is 29.6 Å². The van der Waals surface area contributed by atoms with Crippen LogP contribution in [0.25, 0.3) is 28.2 Å². The van der Waals surface area contributed by atoms with E-state index in [1.54, 1.807) is 42.7 Å². The van der Waals surface area contributed by atoms with Gasteiger partial charge in [0.15, 0.2) is 0 Å². The summed E-state index contributed by atoms with van der Waals surface area (Å²) < 4.78 is 2.04. The monoisotopic (exact) mass is 487 g/mol. The first-order valence-corrected chi connectivity index (χ1v) is 11.5. The molecule has 0 spiro atoms. The highest BCUT2D eigenvalue weighted by Crippen LogP contribution is 2.35. The quantitative estimate of drug-likeness (QED) is 0.176. The van der Waals surface area contributed by atoms with Crippen molar-refractivity contribution in [1.29, 1.82) is 0 Å².